The van der Waals surface area contributed by atoms with E-state index in [0.29, 0.717) is 0 Å². The number of hydrogen-bond donors (Lipinski definition) is 0. The second-order valence-corrected chi connectivity index (χ2v) is 1.68. The van der Waals surface area contributed by atoms with Crippen LogP contribution in [0.25, 0.3) is 0 Å². The summed E-state index contributed by atoms with van der Waals surface area (Å²) >= 11 is 0. The van der Waals surface area contributed by atoms with Crippen LogP contribution in [0, 0.1) is 0 Å². The Hall–Kier alpha value is -1.05. The van der Waals surface area contributed by atoms with Crippen LogP contribution >= 0.6 is 0 Å². The fourth-order valence-electron chi connectivity index (χ4n) is 0.474. The van der Waals surface area contributed by atoms with E-state index in [9.17, 15) is 0 Å². The molecule has 1 heterocycles. The van der Waals surface area contributed by atoms with Crippen LogP contribution in [-0.2, 0) is 0 Å². The largest absolute Gasteiger partial charge is 0.465 e. The van der Waals surface area contributed by atoms with E-state index in [1.54, 1.807) is 17.1 Å². The van der Waals surface area contributed by atoms with Gasteiger partial charge in [0.25, 0.3) is 0 Å². The highest BCUT2D eigenvalue weighted by molar-refractivity contribution is 5.28. The lowest BCUT2D eigenvalue weighted by Crippen LogP contribution is -1.88. The molecular formula is C6H8NO+. The van der Waals surface area contributed by atoms with Gasteiger partial charge in [-0.3, -0.25) is 0 Å². The molecule has 0 radical (unpaired) electrons. The Morgan fingerprint density at radius 1 is 1.75 bits per heavy atom. The molecule has 0 aliphatic rings. The molecule has 42 valence electrons. The molecule has 0 saturated carbocycles. The summed E-state index contributed by atoms with van der Waals surface area (Å²) in [6.45, 7) is 3.65. The fourth-order valence-corrected chi connectivity index (χ4v) is 0.474. The molecule has 0 aliphatic carbocycles. The van der Waals surface area contributed by atoms with Crippen molar-refractivity contribution in [2.75, 3.05) is 7.05 Å². The van der Waals surface area contributed by atoms with E-state index in [2.05, 4.69) is 6.72 Å². The van der Waals surface area contributed by atoms with Crippen molar-refractivity contribution in [3.05, 3.63) is 18.6 Å². The highest BCUT2D eigenvalue weighted by atomic mass is 16.3. The molecule has 0 unspecified atom stereocenters. The standard InChI is InChI=1S/C6H8NO/c1-7(2)6-3-4-8-5-6/h3-5H,1H2,2H3/q+1. The Morgan fingerprint density at radius 2 is 2.50 bits per heavy atom. The molecule has 0 N–H and O–H groups in total. The zero-order valence-electron chi connectivity index (χ0n) is 4.79. The number of nitrogens with zero attached hydrogens (tertiary/aromatic N) is 1. The van der Waals surface area contributed by atoms with Crippen LogP contribution in [0.4, 0.5) is 5.69 Å². The van der Waals surface area contributed by atoms with Gasteiger partial charge in [0, 0.05) is 6.07 Å². The third-order valence-electron chi connectivity index (χ3n) is 0.947. The third-order valence-corrected chi connectivity index (χ3v) is 0.947. The molecule has 0 aliphatic heterocycles. The van der Waals surface area contributed by atoms with E-state index < -0.39 is 0 Å². The van der Waals surface area contributed by atoms with Crippen LogP contribution < -0.4 is 0 Å². The molecule has 1 rings (SSSR count). The van der Waals surface area contributed by atoms with Gasteiger partial charge in [0.2, 0.25) is 5.69 Å². The minimum absolute atomic E-state index is 0.991. The van der Waals surface area contributed by atoms with Crippen molar-refractivity contribution < 1.29 is 8.99 Å². The minimum atomic E-state index is 0.991. The summed E-state index contributed by atoms with van der Waals surface area (Å²) in [6.07, 6.45) is 3.27. The number of rotatable bonds is 1. The molecule has 1 aromatic rings. The van der Waals surface area contributed by atoms with E-state index in [1.807, 2.05) is 13.1 Å². The summed E-state index contributed by atoms with van der Waals surface area (Å²) in [6, 6.07) is 1.85. The van der Waals surface area contributed by atoms with Gasteiger partial charge in [-0.05, 0) is 0 Å². The molecule has 2 nitrogen and oxygen atoms in total. The van der Waals surface area contributed by atoms with Crippen LogP contribution in [-0.4, -0.2) is 18.3 Å². The van der Waals surface area contributed by atoms with Crippen molar-refractivity contribution in [3.8, 4) is 0 Å². The van der Waals surface area contributed by atoms with E-state index in [0.717, 1.165) is 5.69 Å². The maximum atomic E-state index is 4.79. The summed E-state index contributed by atoms with van der Waals surface area (Å²) in [5, 5.41) is 0. The van der Waals surface area contributed by atoms with Gasteiger partial charge in [-0.2, -0.15) is 0 Å². The lowest BCUT2D eigenvalue weighted by molar-refractivity contribution is -0.395. The van der Waals surface area contributed by atoms with Crippen molar-refractivity contribution >= 4 is 12.4 Å². The molecule has 0 spiro atoms. The first-order chi connectivity index (χ1) is 3.80. The third kappa shape index (κ3) is 0.780. The van der Waals surface area contributed by atoms with Gasteiger partial charge in [-0.1, -0.05) is 0 Å². The van der Waals surface area contributed by atoms with Crippen LogP contribution in [0.3, 0.4) is 0 Å². The summed E-state index contributed by atoms with van der Waals surface area (Å²) < 4.78 is 6.53. The molecule has 1 aromatic heterocycles. The van der Waals surface area contributed by atoms with Crippen molar-refractivity contribution in [2.45, 2.75) is 0 Å². The molecule has 0 amide bonds. The number of hydrogen-bond acceptors (Lipinski definition) is 1. The molecule has 0 aromatic carbocycles. The summed E-state index contributed by atoms with van der Waals surface area (Å²) in [5.74, 6) is 0. The topological polar surface area (TPSA) is 16.1 Å². The normalized spacial score (nSPS) is 9.12. The minimum Gasteiger partial charge on any atom is -0.465 e. The molecule has 0 saturated heterocycles. The van der Waals surface area contributed by atoms with Crippen molar-refractivity contribution in [1.29, 1.82) is 0 Å². The van der Waals surface area contributed by atoms with E-state index >= 15 is 0 Å². The maximum Gasteiger partial charge on any atom is 0.242 e. The van der Waals surface area contributed by atoms with Crippen LogP contribution in [0.1, 0.15) is 0 Å². The second kappa shape index (κ2) is 1.82. The average molecular weight is 110 g/mol. The maximum absolute atomic E-state index is 4.79. The quantitative estimate of drug-likeness (QED) is 0.392. The van der Waals surface area contributed by atoms with Gasteiger partial charge < -0.3 is 4.42 Å². The Kier molecular flexibility index (Phi) is 1.16. The van der Waals surface area contributed by atoms with Crippen LogP contribution in [0.2, 0.25) is 0 Å². The predicted molar refractivity (Wildman–Crippen MR) is 31.7 cm³/mol. The molecule has 0 bridgehead atoms. The lowest BCUT2D eigenvalue weighted by atomic mass is 10.5. The zero-order chi connectivity index (χ0) is 5.98. The summed E-state index contributed by atoms with van der Waals surface area (Å²) in [4.78, 5) is 0. The van der Waals surface area contributed by atoms with Gasteiger partial charge in [0.15, 0.2) is 6.26 Å². The van der Waals surface area contributed by atoms with E-state index in [4.69, 9.17) is 4.42 Å². The van der Waals surface area contributed by atoms with Crippen molar-refractivity contribution in [1.82, 2.24) is 0 Å². The van der Waals surface area contributed by atoms with Gasteiger partial charge in [0.1, 0.15) is 13.8 Å². The van der Waals surface area contributed by atoms with Gasteiger partial charge >= 0.3 is 0 Å². The summed E-state index contributed by atoms with van der Waals surface area (Å²) in [7, 11) is 1.87. The van der Waals surface area contributed by atoms with E-state index in [1.165, 1.54) is 0 Å². The molecule has 0 fully saturated rings. The zero-order valence-corrected chi connectivity index (χ0v) is 4.79. The van der Waals surface area contributed by atoms with Crippen LogP contribution in [0.15, 0.2) is 23.0 Å². The Morgan fingerprint density at radius 3 is 2.75 bits per heavy atom. The Labute approximate surface area is 48.1 Å². The number of furan rings is 1. The van der Waals surface area contributed by atoms with Crippen molar-refractivity contribution in [3.63, 3.8) is 0 Å². The second-order valence-electron chi connectivity index (χ2n) is 1.68. The Balaban J connectivity index is 2.93. The van der Waals surface area contributed by atoms with Gasteiger partial charge in [0.05, 0.1) is 6.26 Å². The monoisotopic (exact) mass is 110 g/mol. The summed E-state index contributed by atoms with van der Waals surface area (Å²) in [5.41, 5.74) is 0.991. The van der Waals surface area contributed by atoms with Gasteiger partial charge in [-0.25, -0.2) is 4.58 Å². The molecular weight excluding hydrogens is 102 g/mol. The SMILES string of the molecule is C=[N+](C)c1ccoc1. The fraction of sp³-hybridized carbons (Fsp3) is 0.167. The van der Waals surface area contributed by atoms with Crippen LogP contribution in [0.5, 0.6) is 0 Å². The first-order valence-corrected chi connectivity index (χ1v) is 2.37. The van der Waals surface area contributed by atoms with Crippen molar-refractivity contribution in [2.24, 2.45) is 0 Å². The highest BCUT2D eigenvalue weighted by Gasteiger charge is 1.97. The predicted octanol–water partition coefficient (Wildman–Crippen LogP) is 1.25. The molecule has 2 heteroatoms. The lowest BCUT2D eigenvalue weighted by Gasteiger charge is -1.80. The smallest absolute Gasteiger partial charge is 0.242 e. The van der Waals surface area contributed by atoms with Gasteiger partial charge in [-0.15, -0.1) is 0 Å². The van der Waals surface area contributed by atoms with E-state index in [-0.39, 0.29) is 0 Å². The molecule has 0 atom stereocenters. The average Bonchev–Trinajstić information content (AvgIpc) is 2.12. The first kappa shape index (κ1) is 5.09. The highest BCUT2D eigenvalue weighted by Crippen LogP contribution is 2.07. The molecule has 8 heavy (non-hydrogen) atoms. The first-order valence-electron chi connectivity index (χ1n) is 2.37. The Bertz CT molecular complexity index is 176.